The topological polar surface area (TPSA) is 108 Å². The lowest BCUT2D eigenvalue weighted by molar-refractivity contribution is 0.0607. The van der Waals surface area contributed by atoms with E-state index in [-0.39, 0.29) is 27.4 Å². The predicted octanol–water partition coefficient (Wildman–Crippen LogP) is 2.09. The van der Waals surface area contributed by atoms with E-state index < -0.39 is 26.8 Å². The van der Waals surface area contributed by atoms with Crippen molar-refractivity contribution in [3.05, 3.63) is 29.2 Å². The van der Waals surface area contributed by atoms with Gasteiger partial charge in [-0.05, 0) is 6.07 Å². The first-order valence-electron chi connectivity index (χ1n) is 7.04. The molecular formula is C15H12FN3O5S2. The molecule has 136 valence electrons. The molecule has 0 spiro atoms. The zero-order valence-electron chi connectivity index (χ0n) is 13.8. The average molecular weight is 397 g/mol. The summed E-state index contributed by atoms with van der Waals surface area (Å²) in [5.41, 5.74) is 0.488. The molecule has 0 aromatic carbocycles. The number of nitrogens with zero attached hydrogens (tertiary/aromatic N) is 3. The number of pyridine rings is 1. The lowest BCUT2D eigenvalue weighted by atomic mass is 10.1. The van der Waals surface area contributed by atoms with Crippen molar-refractivity contribution in [1.82, 2.24) is 15.0 Å². The molecule has 8 nitrogen and oxygen atoms in total. The monoisotopic (exact) mass is 397 g/mol. The minimum atomic E-state index is -3.69. The second-order valence-electron chi connectivity index (χ2n) is 5.15. The van der Waals surface area contributed by atoms with Crippen LogP contribution in [0.2, 0.25) is 0 Å². The second-order valence-corrected chi connectivity index (χ2v) is 8.11. The summed E-state index contributed by atoms with van der Waals surface area (Å²) in [6, 6.07) is 1.13. The molecule has 0 fully saturated rings. The highest BCUT2D eigenvalue weighted by Gasteiger charge is 2.26. The van der Waals surface area contributed by atoms with Crippen LogP contribution in [0.25, 0.3) is 21.3 Å². The number of rotatable bonds is 4. The first kappa shape index (κ1) is 18.1. The van der Waals surface area contributed by atoms with E-state index >= 15 is 0 Å². The van der Waals surface area contributed by atoms with E-state index in [0.717, 1.165) is 29.9 Å². The van der Waals surface area contributed by atoms with Gasteiger partial charge in [-0.3, -0.25) is 0 Å². The molecule has 3 aromatic rings. The van der Waals surface area contributed by atoms with Crippen LogP contribution in [0.1, 0.15) is 9.67 Å². The van der Waals surface area contributed by atoms with Crippen molar-refractivity contribution >= 4 is 37.4 Å². The third kappa shape index (κ3) is 3.10. The number of methoxy groups -OCH3 is 2. The molecular weight excluding hydrogens is 385 g/mol. The molecule has 0 saturated heterocycles. The van der Waals surface area contributed by atoms with Crippen LogP contribution in [0.5, 0.6) is 5.88 Å². The number of fused-ring (bicyclic) bond motifs is 1. The van der Waals surface area contributed by atoms with Crippen molar-refractivity contribution in [2.75, 3.05) is 20.5 Å². The smallest absolute Gasteiger partial charge is 0.348 e. The van der Waals surface area contributed by atoms with Gasteiger partial charge < -0.3 is 9.47 Å². The summed E-state index contributed by atoms with van der Waals surface area (Å²) in [6.45, 7) is 0. The third-order valence-corrected chi connectivity index (χ3v) is 5.35. The minimum absolute atomic E-state index is 0.0516. The highest BCUT2D eigenvalue weighted by Crippen LogP contribution is 2.41. The SMILES string of the molecule is COC(=O)c1sc2cnc(S(C)(=O)=O)nc2c1-c1cc(F)cnc1OC. The molecule has 0 saturated carbocycles. The van der Waals surface area contributed by atoms with E-state index in [1.807, 2.05) is 0 Å². The van der Waals surface area contributed by atoms with E-state index in [9.17, 15) is 17.6 Å². The van der Waals surface area contributed by atoms with Crippen molar-refractivity contribution in [2.24, 2.45) is 0 Å². The number of carbonyl (C=O) groups is 1. The Hall–Kier alpha value is -2.66. The number of thiophene rings is 1. The van der Waals surface area contributed by atoms with E-state index in [1.54, 1.807) is 0 Å². The molecule has 0 aliphatic carbocycles. The van der Waals surface area contributed by atoms with Gasteiger partial charge in [0, 0.05) is 18.0 Å². The van der Waals surface area contributed by atoms with Crippen LogP contribution in [0, 0.1) is 5.82 Å². The van der Waals surface area contributed by atoms with Crippen molar-refractivity contribution in [1.29, 1.82) is 0 Å². The normalized spacial score (nSPS) is 11.5. The number of ether oxygens (including phenoxy) is 2. The quantitative estimate of drug-likeness (QED) is 0.486. The maximum atomic E-state index is 13.8. The Morgan fingerprint density at radius 3 is 2.58 bits per heavy atom. The zero-order chi connectivity index (χ0) is 19.1. The zero-order valence-corrected chi connectivity index (χ0v) is 15.4. The molecule has 0 radical (unpaired) electrons. The van der Waals surface area contributed by atoms with Crippen molar-refractivity contribution in [3.8, 4) is 17.0 Å². The van der Waals surface area contributed by atoms with Gasteiger partial charge in [0.2, 0.25) is 20.9 Å². The van der Waals surface area contributed by atoms with Gasteiger partial charge in [0.15, 0.2) is 0 Å². The number of aromatic nitrogens is 3. The van der Waals surface area contributed by atoms with Crippen LogP contribution in [0.15, 0.2) is 23.6 Å². The molecule has 0 N–H and O–H groups in total. The Morgan fingerprint density at radius 2 is 1.96 bits per heavy atom. The fraction of sp³-hybridized carbons (Fsp3) is 0.200. The number of sulfone groups is 1. The molecule has 26 heavy (non-hydrogen) atoms. The number of carbonyl (C=O) groups excluding carboxylic acids is 1. The maximum absolute atomic E-state index is 13.8. The van der Waals surface area contributed by atoms with Crippen LogP contribution >= 0.6 is 11.3 Å². The summed E-state index contributed by atoms with van der Waals surface area (Å²) in [5.74, 6) is -1.29. The van der Waals surface area contributed by atoms with Crippen molar-refractivity contribution in [2.45, 2.75) is 5.16 Å². The average Bonchev–Trinajstić information content (AvgIpc) is 2.98. The van der Waals surface area contributed by atoms with Crippen LogP contribution in [-0.2, 0) is 14.6 Å². The first-order chi connectivity index (χ1) is 12.3. The highest BCUT2D eigenvalue weighted by molar-refractivity contribution is 7.90. The Balaban J connectivity index is 2.44. The van der Waals surface area contributed by atoms with E-state index in [0.29, 0.717) is 4.70 Å². The van der Waals surface area contributed by atoms with Crippen molar-refractivity contribution in [3.63, 3.8) is 0 Å². The lowest BCUT2D eigenvalue weighted by Crippen LogP contribution is -2.04. The van der Waals surface area contributed by atoms with Gasteiger partial charge in [0.05, 0.1) is 36.2 Å². The van der Waals surface area contributed by atoms with E-state index in [2.05, 4.69) is 15.0 Å². The van der Waals surface area contributed by atoms with Gasteiger partial charge in [-0.2, -0.15) is 0 Å². The summed E-state index contributed by atoms with van der Waals surface area (Å²) in [7, 11) is -1.15. The Bertz CT molecular complexity index is 1130. The van der Waals surface area contributed by atoms with Crippen LogP contribution in [0.4, 0.5) is 4.39 Å². The Labute approximate surface area is 151 Å². The Morgan fingerprint density at radius 1 is 1.23 bits per heavy atom. The standard InChI is InChI=1S/C15H12FN3O5S2/c1-23-13-8(4-7(16)5-17-13)10-11-9(25-12(10)14(20)24-2)6-18-15(19-11)26(3,21)22/h4-6H,1-3H3. The molecule has 0 amide bonds. The van der Waals surface area contributed by atoms with Gasteiger partial charge in [-0.25, -0.2) is 32.6 Å². The molecule has 3 rings (SSSR count). The van der Waals surface area contributed by atoms with Gasteiger partial charge in [0.1, 0.15) is 10.7 Å². The summed E-state index contributed by atoms with van der Waals surface area (Å²) in [6.07, 6.45) is 3.22. The van der Waals surface area contributed by atoms with Crippen LogP contribution in [-0.4, -0.2) is 49.8 Å². The van der Waals surface area contributed by atoms with Crippen LogP contribution in [0.3, 0.4) is 0 Å². The number of hydrogen-bond acceptors (Lipinski definition) is 9. The number of esters is 1. The molecule has 0 aliphatic heterocycles. The molecule has 3 aromatic heterocycles. The number of halogens is 1. The molecule has 0 aliphatic rings. The summed E-state index contributed by atoms with van der Waals surface area (Å²) >= 11 is 0.996. The first-order valence-corrected chi connectivity index (χ1v) is 9.75. The third-order valence-electron chi connectivity index (χ3n) is 3.39. The largest absolute Gasteiger partial charge is 0.481 e. The van der Waals surface area contributed by atoms with Gasteiger partial charge in [-0.15, -0.1) is 11.3 Å². The number of hydrogen-bond donors (Lipinski definition) is 0. The fourth-order valence-corrected chi connectivity index (χ4v) is 3.86. The maximum Gasteiger partial charge on any atom is 0.348 e. The molecule has 0 bridgehead atoms. The summed E-state index contributed by atoms with van der Waals surface area (Å²) in [5, 5.41) is -0.413. The highest BCUT2D eigenvalue weighted by atomic mass is 32.2. The van der Waals surface area contributed by atoms with Gasteiger partial charge in [-0.1, -0.05) is 0 Å². The van der Waals surface area contributed by atoms with Crippen molar-refractivity contribution < 1.29 is 27.1 Å². The Kier molecular flexibility index (Phi) is 4.59. The second kappa shape index (κ2) is 6.57. The summed E-state index contributed by atoms with van der Waals surface area (Å²) < 4.78 is 47.7. The van der Waals surface area contributed by atoms with E-state index in [4.69, 9.17) is 9.47 Å². The van der Waals surface area contributed by atoms with E-state index in [1.165, 1.54) is 20.4 Å². The molecule has 0 atom stereocenters. The van der Waals surface area contributed by atoms with Crippen LogP contribution < -0.4 is 4.74 Å². The fourth-order valence-electron chi connectivity index (χ4n) is 2.31. The molecule has 11 heteroatoms. The van der Waals surface area contributed by atoms with Gasteiger partial charge >= 0.3 is 5.97 Å². The molecule has 3 heterocycles. The minimum Gasteiger partial charge on any atom is -0.481 e. The molecule has 0 unspecified atom stereocenters. The lowest BCUT2D eigenvalue weighted by Gasteiger charge is -2.08. The van der Waals surface area contributed by atoms with Gasteiger partial charge in [0.25, 0.3) is 0 Å². The predicted molar refractivity (Wildman–Crippen MR) is 91.6 cm³/mol. The summed E-state index contributed by atoms with van der Waals surface area (Å²) in [4.78, 5) is 24.0.